The Labute approximate surface area is 220 Å². The summed E-state index contributed by atoms with van der Waals surface area (Å²) in [5.41, 5.74) is 5.64. The summed E-state index contributed by atoms with van der Waals surface area (Å²) in [6.45, 7) is 8.57. The van der Waals surface area contributed by atoms with E-state index in [1.165, 1.54) is 16.7 Å². The van der Waals surface area contributed by atoms with Crippen LogP contribution in [0.4, 0.5) is 0 Å². The number of aryl methyl sites for hydroxylation is 2. The normalized spacial score (nSPS) is 12.6. The number of hydrogen-bond acceptors (Lipinski definition) is 3. The lowest BCUT2D eigenvalue weighted by Crippen LogP contribution is -2.52. The van der Waals surface area contributed by atoms with Gasteiger partial charge in [0.25, 0.3) is 0 Å². The minimum Gasteiger partial charge on any atom is -0.352 e. The third kappa shape index (κ3) is 8.56. The Balaban J connectivity index is 1.85. The Morgan fingerprint density at radius 1 is 0.861 bits per heavy atom. The van der Waals surface area contributed by atoms with E-state index in [1.54, 1.807) is 16.7 Å². The van der Waals surface area contributed by atoms with E-state index >= 15 is 0 Å². The number of thioether (sulfide) groups is 1. The Kier molecular flexibility index (Phi) is 10.6. The van der Waals surface area contributed by atoms with Crippen molar-refractivity contribution in [2.75, 3.05) is 5.75 Å². The van der Waals surface area contributed by atoms with E-state index < -0.39 is 6.04 Å². The van der Waals surface area contributed by atoms with Gasteiger partial charge in [0.15, 0.2) is 0 Å². The van der Waals surface area contributed by atoms with Crippen LogP contribution in [-0.2, 0) is 28.3 Å². The number of nitrogens with one attached hydrogen (secondary N) is 1. The molecule has 0 spiro atoms. The summed E-state index contributed by atoms with van der Waals surface area (Å²) in [6, 6.07) is 26.0. The Bertz CT molecular complexity index is 1110. The topological polar surface area (TPSA) is 49.4 Å². The number of carbonyl (C=O) groups is 2. The fourth-order valence-electron chi connectivity index (χ4n) is 4.03. The Morgan fingerprint density at radius 2 is 1.56 bits per heavy atom. The van der Waals surface area contributed by atoms with Gasteiger partial charge in [-0.15, -0.1) is 11.8 Å². The van der Waals surface area contributed by atoms with Crippen LogP contribution in [0, 0.1) is 13.8 Å². The van der Waals surface area contributed by atoms with E-state index in [-0.39, 0.29) is 17.9 Å². The number of benzene rings is 3. The molecule has 0 radical (unpaired) electrons. The molecule has 0 bridgehead atoms. The third-order valence-electron chi connectivity index (χ3n) is 6.32. The Hall–Kier alpha value is -3.05. The predicted octanol–water partition coefficient (Wildman–Crippen LogP) is 6.09. The van der Waals surface area contributed by atoms with Crippen molar-refractivity contribution in [2.45, 2.75) is 64.9 Å². The van der Waals surface area contributed by atoms with Crippen LogP contribution in [0.1, 0.15) is 48.1 Å². The highest BCUT2D eigenvalue weighted by Crippen LogP contribution is 2.19. The van der Waals surface area contributed by atoms with Crippen LogP contribution in [-0.4, -0.2) is 34.6 Å². The predicted molar refractivity (Wildman–Crippen MR) is 151 cm³/mol. The second kappa shape index (κ2) is 13.9. The zero-order valence-corrected chi connectivity index (χ0v) is 22.7. The maximum absolute atomic E-state index is 13.7. The quantitative estimate of drug-likeness (QED) is 0.326. The maximum atomic E-state index is 13.7. The standard InChI is InChI=1S/C31H38N2O2S/c1-5-25(4)32-31(35)29(19-26-11-7-6-8-12-26)33(20-27-16-14-23(2)15-17-27)30(34)22-36-21-28-13-9-10-24(3)18-28/h6-18,25,29H,5,19-22H2,1-4H3,(H,32,35)/t25-,29+/m0/s1. The molecule has 2 amide bonds. The van der Waals surface area contributed by atoms with Gasteiger partial charge in [0.1, 0.15) is 6.04 Å². The van der Waals surface area contributed by atoms with Gasteiger partial charge in [0, 0.05) is 24.8 Å². The molecule has 2 atom stereocenters. The van der Waals surface area contributed by atoms with Crippen molar-refractivity contribution in [1.29, 1.82) is 0 Å². The number of carbonyl (C=O) groups excluding carboxylic acids is 2. The molecule has 3 aromatic carbocycles. The van der Waals surface area contributed by atoms with Crippen molar-refractivity contribution < 1.29 is 9.59 Å². The molecule has 0 aliphatic carbocycles. The molecular weight excluding hydrogens is 464 g/mol. The fraction of sp³-hybridized carbons (Fsp3) is 0.355. The van der Waals surface area contributed by atoms with Gasteiger partial charge in [0.2, 0.25) is 11.8 Å². The molecule has 0 aromatic heterocycles. The largest absolute Gasteiger partial charge is 0.352 e. The summed E-state index contributed by atoms with van der Waals surface area (Å²) in [5.74, 6) is 0.960. The highest BCUT2D eigenvalue weighted by Gasteiger charge is 2.30. The monoisotopic (exact) mass is 502 g/mol. The second-order valence-corrected chi connectivity index (χ2v) is 10.5. The second-order valence-electron chi connectivity index (χ2n) is 9.51. The highest BCUT2D eigenvalue weighted by molar-refractivity contribution is 7.99. The minimum atomic E-state index is -0.588. The van der Waals surface area contributed by atoms with Gasteiger partial charge < -0.3 is 10.2 Å². The number of hydrogen-bond donors (Lipinski definition) is 1. The first kappa shape index (κ1) is 27.5. The summed E-state index contributed by atoms with van der Waals surface area (Å²) >= 11 is 1.60. The first-order chi connectivity index (χ1) is 17.4. The van der Waals surface area contributed by atoms with Crippen molar-refractivity contribution in [3.8, 4) is 0 Å². The molecule has 3 aromatic rings. The minimum absolute atomic E-state index is 0.0199. The summed E-state index contributed by atoms with van der Waals surface area (Å²) in [5, 5.41) is 3.13. The molecule has 0 unspecified atom stereocenters. The molecule has 3 rings (SSSR count). The van der Waals surface area contributed by atoms with E-state index in [1.807, 2.05) is 69.3 Å². The zero-order valence-electron chi connectivity index (χ0n) is 21.9. The third-order valence-corrected chi connectivity index (χ3v) is 7.31. The van der Waals surface area contributed by atoms with Crippen LogP contribution in [0.5, 0.6) is 0 Å². The molecule has 4 nitrogen and oxygen atoms in total. The maximum Gasteiger partial charge on any atom is 0.243 e. The molecule has 5 heteroatoms. The van der Waals surface area contributed by atoms with Gasteiger partial charge in [-0.3, -0.25) is 9.59 Å². The van der Waals surface area contributed by atoms with Crippen LogP contribution in [0.15, 0.2) is 78.9 Å². The molecule has 0 aliphatic heterocycles. The molecule has 0 fully saturated rings. The molecule has 190 valence electrons. The van der Waals surface area contributed by atoms with Gasteiger partial charge >= 0.3 is 0 Å². The lowest BCUT2D eigenvalue weighted by molar-refractivity contribution is -0.139. The van der Waals surface area contributed by atoms with Gasteiger partial charge in [-0.2, -0.15) is 0 Å². The van der Waals surface area contributed by atoms with E-state index in [9.17, 15) is 9.59 Å². The van der Waals surface area contributed by atoms with E-state index in [4.69, 9.17) is 0 Å². The molecule has 0 saturated heterocycles. The summed E-state index contributed by atoms with van der Waals surface area (Å²) < 4.78 is 0. The first-order valence-electron chi connectivity index (χ1n) is 12.7. The van der Waals surface area contributed by atoms with Gasteiger partial charge in [-0.05, 0) is 43.9 Å². The van der Waals surface area contributed by atoms with E-state index in [0.29, 0.717) is 18.7 Å². The van der Waals surface area contributed by atoms with Gasteiger partial charge in [0.05, 0.1) is 5.75 Å². The number of rotatable bonds is 12. The van der Waals surface area contributed by atoms with E-state index in [0.717, 1.165) is 23.3 Å². The molecule has 1 N–H and O–H groups in total. The van der Waals surface area contributed by atoms with Crippen molar-refractivity contribution in [1.82, 2.24) is 10.2 Å². The van der Waals surface area contributed by atoms with Gasteiger partial charge in [-0.1, -0.05) is 96.9 Å². The van der Waals surface area contributed by atoms with Crippen LogP contribution in [0.25, 0.3) is 0 Å². The number of nitrogens with zero attached hydrogens (tertiary/aromatic N) is 1. The fourth-order valence-corrected chi connectivity index (χ4v) is 4.88. The number of amides is 2. The van der Waals surface area contributed by atoms with Crippen LogP contribution in [0.2, 0.25) is 0 Å². The van der Waals surface area contributed by atoms with Gasteiger partial charge in [-0.25, -0.2) is 0 Å². The lowest BCUT2D eigenvalue weighted by Gasteiger charge is -2.32. The smallest absolute Gasteiger partial charge is 0.243 e. The summed E-state index contributed by atoms with van der Waals surface area (Å²) in [6.07, 6.45) is 1.31. The van der Waals surface area contributed by atoms with Crippen LogP contribution >= 0.6 is 11.8 Å². The average Bonchev–Trinajstić information content (AvgIpc) is 2.87. The van der Waals surface area contributed by atoms with Crippen LogP contribution in [0.3, 0.4) is 0 Å². The molecular formula is C31H38N2O2S. The SMILES string of the molecule is CC[C@H](C)NC(=O)[C@@H](Cc1ccccc1)N(Cc1ccc(C)cc1)C(=O)CSCc1cccc(C)c1. The summed E-state index contributed by atoms with van der Waals surface area (Å²) in [4.78, 5) is 29.0. The van der Waals surface area contributed by atoms with Crippen molar-refractivity contribution in [3.63, 3.8) is 0 Å². The highest BCUT2D eigenvalue weighted by atomic mass is 32.2. The van der Waals surface area contributed by atoms with E-state index in [2.05, 4.69) is 42.6 Å². The van der Waals surface area contributed by atoms with Crippen molar-refractivity contribution >= 4 is 23.6 Å². The van der Waals surface area contributed by atoms with Crippen molar-refractivity contribution in [2.24, 2.45) is 0 Å². The molecule has 36 heavy (non-hydrogen) atoms. The molecule has 0 heterocycles. The Morgan fingerprint density at radius 3 is 2.22 bits per heavy atom. The molecule has 0 aliphatic rings. The zero-order chi connectivity index (χ0) is 25.9. The van der Waals surface area contributed by atoms with Crippen molar-refractivity contribution in [3.05, 3.63) is 107 Å². The first-order valence-corrected chi connectivity index (χ1v) is 13.8. The summed E-state index contributed by atoms with van der Waals surface area (Å²) in [7, 11) is 0. The average molecular weight is 503 g/mol. The molecule has 0 saturated carbocycles. The van der Waals surface area contributed by atoms with Crippen LogP contribution < -0.4 is 5.32 Å². The lowest BCUT2D eigenvalue weighted by atomic mass is 10.0.